The summed E-state index contributed by atoms with van der Waals surface area (Å²) in [5.74, 6) is -0.162. The van der Waals surface area contributed by atoms with Crippen LogP contribution in [0.15, 0.2) is 70.9 Å². The zero-order chi connectivity index (χ0) is 19.7. The molecule has 2 aromatic rings. The van der Waals surface area contributed by atoms with Crippen LogP contribution in [0, 0.1) is 17.2 Å². The van der Waals surface area contributed by atoms with E-state index in [2.05, 4.69) is 49.4 Å². The molecule has 0 bridgehead atoms. The Hall–Kier alpha value is -2.99. The van der Waals surface area contributed by atoms with Crippen molar-refractivity contribution < 1.29 is 4.79 Å². The maximum atomic E-state index is 13.3. The second-order valence-corrected chi connectivity index (χ2v) is 7.75. The Balaban J connectivity index is 1.74. The first-order valence-electron chi connectivity index (χ1n) is 9.97. The van der Waals surface area contributed by atoms with Gasteiger partial charge in [0.1, 0.15) is 5.78 Å². The summed E-state index contributed by atoms with van der Waals surface area (Å²) in [6, 6.07) is 20.9. The molecule has 0 N–H and O–H groups in total. The van der Waals surface area contributed by atoms with Gasteiger partial charge >= 0.3 is 0 Å². The van der Waals surface area contributed by atoms with Gasteiger partial charge in [-0.1, -0.05) is 61.5 Å². The molecule has 4 rings (SSSR count). The van der Waals surface area contributed by atoms with Crippen LogP contribution in [-0.2, 0) is 11.2 Å². The van der Waals surface area contributed by atoms with Crippen molar-refractivity contribution in [3.05, 3.63) is 82.6 Å². The molecule has 0 unspecified atom stereocenters. The smallest absolute Gasteiger partial charge is 0.143 e. The van der Waals surface area contributed by atoms with E-state index in [1.165, 1.54) is 11.1 Å². The molecule has 140 valence electrons. The molecule has 3 heteroatoms. The van der Waals surface area contributed by atoms with Crippen molar-refractivity contribution in [3.8, 4) is 6.07 Å². The minimum Gasteiger partial charge on any atom is -0.299 e. The third-order valence-corrected chi connectivity index (χ3v) is 6.09. The monoisotopic (exact) mass is 368 g/mol. The number of carbonyl (C=O) groups is 1. The molecule has 0 saturated heterocycles. The number of aliphatic imine (C=N–C) groups is 1. The van der Waals surface area contributed by atoms with Gasteiger partial charge in [0.05, 0.1) is 23.3 Å². The molecule has 1 aliphatic carbocycles. The van der Waals surface area contributed by atoms with Crippen LogP contribution in [0.2, 0.25) is 0 Å². The number of Topliss-reactive ketones (excluding diaryl/α,β-unsaturated/α-hetero) is 1. The molecule has 2 aliphatic rings. The molecule has 0 radical (unpaired) electrons. The van der Waals surface area contributed by atoms with Gasteiger partial charge in [-0.05, 0) is 42.4 Å². The first kappa shape index (κ1) is 18.4. The average molecular weight is 368 g/mol. The standard InChI is InChI=1S/C25H24N2O/c1-3-17-9-11-19(12-10-17)24-21(15-26)16(2)27-22-13-20(14-23(28)25(22)24)18-7-5-4-6-8-18/h4-12,20,24-25H,3,13-14H2,1-2H3/t20-,24-,25-/m0/s1. The molecule has 3 nitrogen and oxygen atoms in total. The highest BCUT2D eigenvalue weighted by Crippen LogP contribution is 2.45. The van der Waals surface area contributed by atoms with Gasteiger partial charge in [0.2, 0.25) is 0 Å². The van der Waals surface area contributed by atoms with E-state index in [-0.39, 0.29) is 23.5 Å². The number of rotatable bonds is 3. The van der Waals surface area contributed by atoms with E-state index in [1.54, 1.807) is 0 Å². The van der Waals surface area contributed by atoms with Gasteiger partial charge in [0.25, 0.3) is 0 Å². The van der Waals surface area contributed by atoms with Crippen LogP contribution in [-0.4, -0.2) is 11.5 Å². The van der Waals surface area contributed by atoms with Crippen LogP contribution in [0.5, 0.6) is 0 Å². The summed E-state index contributed by atoms with van der Waals surface area (Å²) in [4.78, 5) is 18.0. The van der Waals surface area contributed by atoms with Crippen LogP contribution in [0.1, 0.15) is 55.2 Å². The number of nitriles is 1. The molecule has 3 atom stereocenters. The summed E-state index contributed by atoms with van der Waals surface area (Å²) in [5, 5.41) is 9.81. The lowest BCUT2D eigenvalue weighted by Crippen LogP contribution is -2.39. The molecule has 28 heavy (non-hydrogen) atoms. The van der Waals surface area contributed by atoms with Crippen molar-refractivity contribution in [1.82, 2.24) is 0 Å². The molecule has 1 saturated carbocycles. The van der Waals surface area contributed by atoms with Gasteiger partial charge in [-0.15, -0.1) is 0 Å². The number of nitrogens with zero attached hydrogens (tertiary/aromatic N) is 2. The van der Waals surface area contributed by atoms with Gasteiger partial charge in [-0.3, -0.25) is 9.79 Å². The Morgan fingerprint density at radius 2 is 1.71 bits per heavy atom. The van der Waals surface area contributed by atoms with Crippen molar-refractivity contribution in [2.75, 3.05) is 0 Å². The lowest BCUT2D eigenvalue weighted by Gasteiger charge is -2.37. The number of hydrogen-bond donors (Lipinski definition) is 0. The Labute approximate surface area is 166 Å². The Morgan fingerprint density at radius 3 is 2.36 bits per heavy atom. The maximum absolute atomic E-state index is 13.3. The summed E-state index contributed by atoms with van der Waals surface area (Å²) in [6.45, 7) is 4.02. The SMILES string of the molecule is CCc1ccc([C@H]2C(C#N)=C(C)N=C3C[C@H](c4ccccc4)CC(=O)[C@H]32)cc1. The van der Waals surface area contributed by atoms with Gasteiger partial charge in [0.15, 0.2) is 0 Å². The normalized spacial score (nSPS) is 24.4. The second-order valence-electron chi connectivity index (χ2n) is 7.75. The van der Waals surface area contributed by atoms with Gasteiger partial charge in [-0.25, -0.2) is 0 Å². The van der Waals surface area contributed by atoms with Crippen LogP contribution >= 0.6 is 0 Å². The fourth-order valence-corrected chi connectivity index (χ4v) is 4.60. The van der Waals surface area contributed by atoms with Crippen molar-refractivity contribution in [3.63, 3.8) is 0 Å². The second kappa shape index (κ2) is 7.56. The van der Waals surface area contributed by atoms with E-state index in [0.29, 0.717) is 12.0 Å². The summed E-state index contributed by atoms with van der Waals surface area (Å²) in [5.41, 5.74) is 5.80. The number of allylic oxidation sites excluding steroid dienone is 2. The van der Waals surface area contributed by atoms with Crippen molar-refractivity contribution in [1.29, 1.82) is 5.26 Å². The first-order chi connectivity index (χ1) is 13.6. The highest BCUT2D eigenvalue weighted by molar-refractivity contribution is 6.10. The van der Waals surface area contributed by atoms with E-state index >= 15 is 0 Å². The molecular weight excluding hydrogens is 344 g/mol. The minimum absolute atomic E-state index is 0.170. The summed E-state index contributed by atoms with van der Waals surface area (Å²) >= 11 is 0. The number of hydrogen-bond acceptors (Lipinski definition) is 3. The molecule has 0 aromatic heterocycles. The quantitative estimate of drug-likeness (QED) is 0.733. The molecule has 2 aromatic carbocycles. The largest absolute Gasteiger partial charge is 0.299 e. The molecular formula is C25H24N2O. The zero-order valence-electron chi connectivity index (χ0n) is 16.4. The fraction of sp³-hybridized carbons (Fsp3) is 0.320. The maximum Gasteiger partial charge on any atom is 0.143 e. The molecule has 1 fully saturated rings. The highest BCUT2D eigenvalue weighted by Gasteiger charge is 2.44. The van der Waals surface area contributed by atoms with Gasteiger partial charge < -0.3 is 0 Å². The highest BCUT2D eigenvalue weighted by atomic mass is 16.1. The predicted molar refractivity (Wildman–Crippen MR) is 111 cm³/mol. The molecule has 0 spiro atoms. The van der Waals surface area contributed by atoms with Crippen molar-refractivity contribution in [2.24, 2.45) is 10.9 Å². The van der Waals surface area contributed by atoms with Gasteiger partial charge in [-0.2, -0.15) is 5.26 Å². The summed E-state index contributed by atoms with van der Waals surface area (Å²) in [6.07, 6.45) is 2.26. The summed E-state index contributed by atoms with van der Waals surface area (Å²) < 4.78 is 0. The van der Waals surface area contributed by atoms with Crippen molar-refractivity contribution >= 4 is 11.5 Å². The average Bonchev–Trinajstić information content (AvgIpc) is 2.73. The molecule has 1 heterocycles. The number of benzene rings is 2. The lowest BCUT2D eigenvalue weighted by molar-refractivity contribution is -0.122. The number of ketones is 1. The molecule has 1 aliphatic heterocycles. The van der Waals surface area contributed by atoms with E-state index in [4.69, 9.17) is 4.99 Å². The van der Waals surface area contributed by atoms with Crippen LogP contribution in [0.4, 0.5) is 0 Å². The van der Waals surface area contributed by atoms with E-state index < -0.39 is 0 Å². The summed E-state index contributed by atoms with van der Waals surface area (Å²) in [7, 11) is 0. The third kappa shape index (κ3) is 3.20. The topological polar surface area (TPSA) is 53.2 Å². The van der Waals surface area contributed by atoms with Crippen LogP contribution in [0.3, 0.4) is 0 Å². The fourth-order valence-electron chi connectivity index (χ4n) is 4.60. The number of aryl methyl sites for hydroxylation is 1. The Morgan fingerprint density at radius 1 is 1.00 bits per heavy atom. The minimum atomic E-state index is -0.314. The predicted octanol–water partition coefficient (Wildman–Crippen LogP) is 5.35. The lowest BCUT2D eigenvalue weighted by atomic mass is 9.66. The Bertz CT molecular complexity index is 993. The van der Waals surface area contributed by atoms with E-state index in [1.807, 2.05) is 25.1 Å². The van der Waals surface area contributed by atoms with E-state index in [0.717, 1.165) is 29.8 Å². The van der Waals surface area contributed by atoms with Gasteiger partial charge in [0, 0.05) is 18.1 Å². The van der Waals surface area contributed by atoms with Crippen molar-refractivity contribution in [2.45, 2.75) is 44.9 Å². The zero-order valence-corrected chi connectivity index (χ0v) is 16.4. The third-order valence-electron chi connectivity index (χ3n) is 6.09. The molecule has 0 amide bonds. The first-order valence-corrected chi connectivity index (χ1v) is 9.97. The Kier molecular flexibility index (Phi) is 4.96. The van der Waals surface area contributed by atoms with E-state index in [9.17, 15) is 10.1 Å². The van der Waals surface area contributed by atoms with Crippen LogP contribution < -0.4 is 0 Å². The van der Waals surface area contributed by atoms with Crippen LogP contribution in [0.25, 0.3) is 0 Å². The number of fused-ring (bicyclic) bond motifs is 1. The number of carbonyl (C=O) groups excluding carboxylic acids is 1.